The number of hydrogen-bond donors (Lipinski definition) is 3. The monoisotopic (exact) mass is 331 g/mol. The van der Waals surface area contributed by atoms with Gasteiger partial charge in [-0.2, -0.15) is 5.26 Å². The third-order valence-electron chi connectivity index (χ3n) is 3.97. The van der Waals surface area contributed by atoms with Gasteiger partial charge in [-0.15, -0.1) is 0 Å². The number of ether oxygens (including phenoxy) is 1. The molecule has 24 heavy (non-hydrogen) atoms. The number of hydrogen-bond acceptors (Lipinski definition) is 5. The first kappa shape index (κ1) is 17.8. The quantitative estimate of drug-likeness (QED) is 0.675. The molecule has 1 unspecified atom stereocenters. The number of nitrogens with zero attached hydrogens (tertiary/aromatic N) is 1. The number of carbonyl (C=O) groups is 2. The topological polar surface area (TPSA) is 111 Å². The number of benzene rings is 1. The molecule has 1 aromatic carbocycles. The summed E-state index contributed by atoms with van der Waals surface area (Å²) in [6.45, 7) is 1.97. The molecule has 1 saturated heterocycles. The lowest BCUT2D eigenvalue weighted by molar-refractivity contribution is -0.123. The second-order valence-electron chi connectivity index (χ2n) is 5.96. The van der Waals surface area contributed by atoms with Crippen LogP contribution in [0.2, 0.25) is 0 Å². The second kappa shape index (κ2) is 8.31. The zero-order valence-corrected chi connectivity index (χ0v) is 13.4. The number of nitriles is 1. The minimum absolute atomic E-state index is 0.0485. The van der Waals surface area contributed by atoms with E-state index in [9.17, 15) is 14.7 Å². The van der Waals surface area contributed by atoms with Gasteiger partial charge >= 0.3 is 6.09 Å². The Hall–Kier alpha value is -2.59. The number of amides is 2. The zero-order valence-electron chi connectivity index (χ0n) is 13.4. The molecule has 2 amide bonds. The van der Waals surface area contributed by atoms with Gasteiger partial charge in [0, 0.05) is 12.0 Å². The molecular weight excluding hydrogens is 310 g/mol. The van der Waals surface area contributed by atoms with Crippen LogP contribution in [-0.2, 0) is 16.1 Å². The van der Waals surface area contributed by atoms with E-state index < -0.39 is 18.2 Å². The van der Waals surface area contributed by atoms with Crippen molar-refractivity contribution in [2.45, 2.75) is 44.6 Å². The van der Waals surface area contributed by atoms with Crippen molar-refractivity contribution in [1.29, 1.82) is 5.26 Å². The zero-order chi connectivity index (χ0) is 17.5. The lowest BCUT2D eigenvalue weighted by Crippen LogP contribution is -2.44. The lowest BCUT2D eigenvalue weighted by Gasteiger charge is -2.21. The molecule has 4 atom stereocenters. The summed E-state index contributed by atoms with van der Waals surface area (Å²) in [5, 5.41) is 24.0. The van der Waals surface area contributed by atoms with Crippen LogP contribution in [-0.4, -0.2) is 35.3 Å². The summed E-state index contributed by atoms with van der Waals surface area (Å²) >= 11 is 0. The van der Waals surface area contributed by atoms with Crippen molar-refractivity contribution in [3.8, 4) is 6.07 Å². The smallest absolute Gasteiger partial charge is 0.407 e. The van der Waals surface area contributed by atoms with E-state index in [1.54, 1.807) is 6.07 Å². The summed E-state index contributed by atoms with van der Waals surface area (Å²) in [5.41, 5.74) is 0.828. The highest BCUT2D eigenvalue weighted by Gasteiger charge is 2.34. The minimum atomic E-state index is -1.40. The van der Waals surface area contributed by atoms with Gasteiger partial charge in [0.15, 0.2) is 6.10 Å². The molecule has 1 aliphatic rings. The third kappa shape index (κ3) is 4.96. The largest absolute Gasteiger partial charge is 0.445 e. The van der Waals surface area contributed by atoms with Gasteiger partial charge in [0.1, 0.15) is 6.61 Å². The average Bonchev–Trinajstić information content (AvgIpc) is 2.90. The van der Waals surface area contributed by atoms with Crippen molar-refractivity contribution in [3.63, 3.8) is 0 Å². The van der Waals surface area contributed by atoms with Gasteiger partial charge in [-0.3, -0.25) is 4.79 Å². The van der Waals surface area contributed by atoms with Gasteiger partial charge in [0.25, 0.3) is 0 Å². The molecule has 0 aromatic heterocycles. The van der Waals surface area contributed by atoms with Crippen LogP contribution in [0, 0.1) is 17.2 Å². The Bertz CT molecular complexity index is 614. The van der Waals surface area contributed by atoms with Crippen LogP contribution in [0.3, 0.4) is 0 Å². The standard InChI is InChI=1S/C17H21N3O4/c1-11-7-13(16(22)19-11)8-14(15(21)9-18)20-17(23)24-10-12-5-3-2-4-6-12/h2-6,11,13-15,21H,7-8,10H2,1H3,(H,19,22)(H,20,23)/t11-,13+,14+,15?/m1/s1. The maximum Gasteiger partial charge on any atom is 0.407 e. The molecule has 7 nitrogen and oxygen atoms in total. The van der Waals surface area contributed by atoms with Crippen molar-refractivity contribution in [1.82, 2.24) is 10.6 Å². The van der Waals surface area contributed by atoms with Gasteiger partial charge in [-0.25, -0.2) is 4.79 Å². The molecule has 0 bridgehead atoms. The van der Waals surface area contributed by atoms with Crippen LogP contribution in [0.4, 0.5) is 4.79 Å². The molecule has 0 radical (unpaired) electrons. The van der Waals surface area contributed by atoms with Crippen molar-refractivity contribution < 1.29 is 19.4 Å². The van der Waals surface area contributed by atoms with Crippen LogP contribution in [0.15, 0.2) is 30.3 Å². The van der Waals surface area contributed by atoms with Crippen LogP contribution in [0.25, 0.3) is 0 Å². The lowest BCUT2D eigenvalue weighted by atomic mass is 9.94. The first-order valence-electron chi connectivity index (χ1n) is 7.85. The predicted octanol–water partition coefficient (Wildman–Crippen LogP) is 1.08. The molecule has 0 spiro atoms. The van der Waals surface area contributed by atoms with E-state index in [-0.39, 0.29) is 30.9 Å². The summed E-state index contributed by atoms with van der Waals surface area (Å²) in [6, 6.07) is 10.0. The number of aliphatic hydroxyl groups excluding tert-OH is 1. The van der Waals surface area contributed by atoms with E-state index in [4.69, 9.17) is 10.00 Å². The maximum atomic E-state index is 11.9. The fourth-order valence-corrected chi connectivity index (χ4v) is 2.74. The van der Waals surface area contributed by atoms with Gasteiger partial charge in [0.2, 0.25) is 5.91 Å². The highest BCUT2D eigenvalue weighted by Crippen LogP contribution is 2.21. The molecular formula is C17H21N3O4. The Balaban J connectivity index is 1.89. The van der Waals surface area contributed by atoms with E-state index in [2.05, 4.69) is 10.6 Å². The molecule has 0 aliphatic carbocycles. The average molecular weight is 331 g/mol. The van der Waals surface area contributed by atoms with Crippen molar-refractivity contribution in [2.75, 3.05) is 0 Å². The summed E-state index contributed by atoms with van der Waals surface area (Å²) < 4.78 is 5.09. The number of carbonyl (C=O) groups excluding carboxylic acids is 2. The summed E-state index contributed by atoms with van der Waals surface area (Å²) in [6.07, 6.45) is -1.35. The second-order valence-corrected chi connectivity index (χ2v) is 5.96. The van der Waals surface area contributed by atoms with Gasteiger partial charge in [0.05, 0.1) is 12.1 Å². The van der Waals surface area contributed by atoms with Crippen molar-refractivity contribution in [2.24, 2.45) is 5.92 Å². The van der Waals surface area contributed by atoms with Crippen LogP contribution >= 0.6 is 0 Å². The summed E-state index contributed by atoms with van der Waals surface area (Å²) in [7, 11) is 0. The number of alkyl carbamates (subject to hydrolysis) is 1. The molecule has 0 saturated carbocycles. The van der Waals surface area contributed by atoms with E-state index in [0.717, 1.165) is 5.56 Å². The SMILES string of the molecule is C[C@@H]1C[C@@H](C[C@H](NC(=O)OCc2ccccc2)C(O)C#N)C(=O)N1. The molecule has 1 aliphatic heterocycles. The first-order valence-corrected chi connectivity index (χ1v) is 7.85. The Morgan fingerprint density at radius 1 is 1.50 bits per heavy atom. The molecule has 1 fully saturated rings. The van der Waals surface area contributed by atoms with Crippen LogP contribution in [0.5, 0.6) is 0 Å². The number of nitrogens with one attached hydrogen (secondary N) is 2. The van der Waals surface area contributed by atoms with Crippen molar-refractivity contribution in [3.05, 3.63) is 35.9 Å². The number of aliphatic hydroxyl groups is 1. The fourth-order valence-electron chi connectivity index (χ4n) is 2.74. The fraction of sp³-hybridized carbons (Fsp3) is 0.471. The molecule has 1 aromatic rings. The number of rotatable bonds is 6. The molecule has 128 valence electrons. The van der Waals surface area contributed by atoms with Gasteiger partial charge in [-0.1, -0.05) is 30.3 Å². The maximum absolute atomic E-state index is 11.9. The Morgan fingerprint density at radius 3 is 2.79 bits per heavy atom. The van der Waals surface area contributed by atoms with Gasteiger partial charge < -0.3 is 20.5 Å². The van der Waals surface area contributed by atoms with E-state index in [0.29, 0.717) is 6.42 Å². The summed E-state index contributed by atoms with van der Waals surface area (Å²) in [5.74, 6) is -0.473. The van der Waals surface area contributed by atoms with Crippen molar-refractivity contribution >= 4 is 12.0 Å². The highest BCUT2D eigenvalue weighted by atomic mass is 16.5. The van der Waals surface area contributed by atoms with Crippen LogP contribution in [0.1, 0.15) is 25.3 Å². The summed E-state index contributed by atoms with van der Waals surface area (Å²) in [4.78, 5) is 23.7. The minimum Gasteiger partial charge on any atom is -0.445 e. The Kier molecular flexibility index (Phi) is 6.15. The molecule has 1 heterocycles. The van der Waals surface area contributed by atoms with E-state index >= 15 is 0 Å². The predicted molar refractivity (Wildman–Crippen MR) is 85.5 cm³/mol. The molecule has 3 N–H and O–H groups in total. The van der Waals surface area contributed by atoms with E-state index in [1.165, 1.54) is 0 Å². The Labute approximate surface area is 140 Å². The van der Waals surface area contributed by atoms with Crippen LogP contribution < -0.4 is 10.6 Å². The highest BCUT2D eigenvalue weighted by molar-refractivity contribution is 5.81. The first-order chi connectivity index (χ1) is 11.5. The van der Waals surface area contributed by atoms with Gasteiger partial charge in [-0.05, 0) is 25.3 Å². The Morgan fingerprint density at radius 2 is 2.21 bits per heavy atom. The molecule has 7 heteroatoms. The third-order valence-corrected chi connectivity index (χ3v) is 3.97. The molecule has 2 rings (SSSR count). The normalized spacial score (nSPS) is 22.1. The van der Waals surface area contributed by atoms with E-state index in [1.807, 2.05) is 37.3 Å².